The zero-order valence-corrected chi connectivity index (χ0v) is 14.9. The molecule has 0 bridgehead atoms. The highest BCUT2D eigenvalue weighted by Gasteiger charge is 2.26. The number of nitrogens with zero attached hydrogens (tertiary/aromatic N) is 8. The van der Waals surface area contributed by atoms with Crippen LogP contribution in [0.2, 0.25) is 0 Å². The Bertz CT molecular complexity index is 932. The summed E-state index contributed by atoms with van der Waals surface area (Å²) in [6.45, 7) is 5.76. The van der Waals surface area contributed by atoms with Gasteiger partial charge in [0.2, 0.25) is 0 Å². The molecule has 1 saturated carbocycles. The van der Waals surface area contributed by atoms with Gasteiger partial charge in [-0.3, -0.25) is 0 Å². The molecular formula is C18H22N8. The molecule has 2 aliphatic rings. The second-order valence-electron chi connectivity index (χ2n) is 7.11. The van der Waals surface area contributed by atoms with Gasteiger partial charge >= 0.3 is 0 Å². The van der Waals surface area contributed by atoms with Crippen molar-refractivity contribution < 1.29 is 0 Å². The minimum absolute atomic E-state index is 0.656. The molecule has 1 saturated heterocycles. The standard InChI is InChI=1S/C18H22N8/c1-13-21-22-16-5-6-17(23-26(13)16)24-7-2-8-25(10-9-24)18-11-15(14-3-4-14)19-12-20-18/h5-6,11-12,14H,2-4,7-10H2,1H3. The van der Waals surface area contributed by atoms with Gasteiger partial charge in [0.1, 0.15) is 18.0 Å². The summed E-state index contributed by atoms with van der Waals surface area (Å²) in [5.74, 6) is 3.50. The van der Waals surface area contributed by atoms with Crippen LogP contribution in [0.3, 0.4) is 0 Å². The van der Waals surface area contributed by atoms with Crippen LogP contribution in [0, 0.1) is 6.92 Å². The van der Waals surface area contributed by atoms with Crippen molar-refractivity contribution in [3.8, 4) is 0 Å². The van der Waals surface area contributed by atoms with Crippen molar-refractivity contribution >= 4 is 17.3 Å². The molecule has 0 spiro atoms. The number of aromatic nitrogens is 6. The quantitative estimate of drug-likeness (QED) is 0.713. The smallest absolute Gasteiger partial charge is 0.178 e. The number of fused-ring (bicyclic) bond motifs is 1. The molecule has 0 radical (unpaired) electrons. The molecule has 0 amide bonds. The molecule has 0 atom stereocenters. The predicted molar refractivity (Wildman–Crippen MR) is 98.6 cm³/mol. The zero-order valence-electron chi connectivity index (χ0n) is 14.9. The monoisotopic (exact) mass is 350 g/mol. The molecule has 1 aliphatic heterocycles. The third-order valence-electron chi connectivity index (χ3n) is 5.22. The van der Waals surface area contributed by atoms with Crippen LogP contribution < -0.4 is 9.80 Å². The van der Waals surface area contributed by atoms with Gasteiger partial charge in [0.15, 0.2) is 11.5 Å². The molecule has 3 aromatic heterocycles. The lowest BCUT2D eigenvalue weighted by Gasteiger charge is -2.23. The molecule has 0 N–H and O–H groups in total. The highest BCUT2D eigenvalue weighted by Crippen LogP contribution is 2.39. The summed E-state index contributed by atoms with van der Waals surface area (Å²) in [4.78, 5) is 13.7. The van der Waals surface area contributed by atoms with Crippen molar-refractivity contribution in [3.05, 3.63) is 36.0 Å². The summed E-state index contributed by atoms with van der Waals surface area (Å²) in [5, 5.41) is 12.9. The van der Waals surface area contributed by atoms with Crippen molar-refractivity contribution in [2.75, 3.05) is 36.0 Å². The fourth-order valence-corrected chi connectivity index (χ4v) is 3.57. The Labute approximate surface area is 151 Å². The first-order valence-electron chi connectivity index (χ1n) is 9.29. The minimum Gasteiger partial charge on any atom is -0.355 e. The third kappa shape index (κ3) is 2.85. The average molecular weight is 350 g/mol. The average Bonchev–Trinajstić information content (AvgIpc) is 3.49. The molecule has 1 aliphatic carbocycles. The van der Waals surface area contributed by atoms with Crippen LogP contribution in [0.5, 0.6) is 0 Å². The maximum atomic E-state index is 4.72. The zero-order chi connectivity index (χ0) is 17.5. The SMILES string of the molecule is Cc1nnc2ccc(N3CCCN(c4cc(C5CC5)ncn4)CC3)nn12. The van der Waals surface area contributed by atoms with Crippen molar-refractivity contribution in [1.82, 2.24) is 29.8 Å². The lowest BCUT2D eigenvalue weighted by atomic mass is 10.2. The summed E-state index contributed by atoms with van der Waals surface area (Å²) >= 11 is 0. The van der Waals surface area contributed by atoms with Crippen molar-refractivity contribution in [3.63, 3.8) is 0 Å². The van der Waals surface area contributed by atoms with Crippen LogP contribution in [0.15, 0.2) is 24.5 Å². The number of aryl methyl sites for hydroxylation is 1. The lowest BCUT2D eigenvalue weighted by molar-refractivity contribution is 0.768. The van der Waals surface area contributed by atoms with Gasteiger partial charge < -0.3 is 9.80 Å². The molecule has 5 rings (SSSR count). The largest absolute Gasteiger partial charge is 0.355 e. The summed E-state index contributed by atoms with van der Waals surface area (Å²) in [6, 6.07) is 6.20. The maximum absolute atomic E-state index is 4.72. The van der Waals surface area contributed by atoms with Crippen molar-refractivity contribution in [2.45, 2.75) is 32.1 Å². The first kappa shape index (κ1) is 15.5. The van der Waals surface area contributed by atoms with Gasteiger partial charge in [0.25, 0.3) is 0 Å². The fraction of sp³-hybridized carbons (Fsp3) is 0.500. The van der Waals surface area contributed by atoms with Crippen LogP contribution in [-0.4, -0.2) is 56.0 Å². The summed E-state index contributed by atoms with van der Waals surface area (Å²) < 4.78 is 1.81. The number of hydrogen-bond acceptors (Lipinski definition) is 7. The van der Waals surface area contributed by atoms with Gasteiger partial charge in [-0.05, 0) is 38.3 Å². The van der Waals surface area contributed by atoms with Gasteiger partial charge in [-0.15, -0.1) is 15.3 Å². The van der Waals surface area contributed by atoms with Gasteiger partial charge in [0.05, 0.1) is 0 Å². The molecule has 3 aromatic rings. The molecule has 0 unspecified atom stereocenters. The normalized spacial score (nSPS) is 18.3. The van der Waals surface area contributed by atoms with E-state index in [2.05, 4.69) is 36.0 Å². The van der Waals surface area contributed by atoms with Crippen LogP contribution in [0.25, 0.3) is 5.65 Å². The van der Waals surface area contributed by atoms with Crippen LogP contribution in [-0.2, 0) is 0 Å². The highest BCUT2D eigenvalue weighted by molar-refractivity contribution is 5.47. The molecule has 26 heavy (non-hydrogen) atoms. The van der Waals surface area contributed by atoms with Crippen molar-refractivity contribution in [2.24, 2.45) is 0 Å². The number of hydrogen-bond donors (Lipinski definition) is 0. The topological polar surface area (TPSA) is 75.3 Å². The van der Waals surface area contributed by atoms with Gasteiger partial charge in [-0.25, -0.2) is 9.97 Å². The van der Waals surface area contributed by atoms with E-state index in [1.54, 1.807) is 6.33 Å². The molecule has 2 fully saturated rings. The first-order valence-corrected chi connectivity index (χ1v) is 9.29. The Morgan fingerprint density at radius 3 is 2.54 bits per heavy atom. The van der Waals surface area contributed by atoms with E-state index >= 15 is 0 Å². The van der Waals surface area contributed by atoms with E-state index < -0.39 is 0 Å². The van der Waals surface area contributed by atoms with Crippen LogP contribution in [0.4, 0.5) is 11.6 Å². The third-order valence-corrected chi connectivity index (χ3v) is 5.22. The second kappa shape index (κ2) is 6.19. The lowest BCUT2D eigenvalue weighted by Crippen LogP contribution is -2.31. The Morgan fingerprint density at radius 2 is 1.73 bits per heavy atom. The van der Waals surface area contributed by atoms with Gasteiger partial charge in [-0.1, -0.05) is 0 Å². The molecular weight excluding hydrogens is 328 g/mol. The Hall–Kier alpha value is -2.77. The first-order chi connectivity index (χ1) is 12.8. The van der Waals surface area contributed by atoms with E-state index in [-0.39, 0.29) is 0 Å². The molecule has 8 nitrogen and oxygen atoms in total. The predicted octanol–water partition coefficient (Wildman–Crippen LogP) is 1.82. The van der Waals surface area contributed by atoms with E-state index in [1.165, 1.54) is 18.5 Å². The van der Waals surface area contributed by atoms with E-state index in [1.807, 2.05) is 23.6 Å². The van der Waals surface area contributed by atoms with Crippen LogP contribution >= 0.6 is 0 Å². The molecule has 134 valence electrons. The number of rotatable bonds is 3. The van der Waals surface area contributed by atoms with E-state index in [0.717, 1.165) is 55.7 Å². The Balaban J connectivity index is 1.34. The summed E-state index contributed by atoms with van der Waals surface area (Å²) in [6.07, 6.45) is 5.32. The van der Waals surface area contributed by atoms with Crippen LogP contribution in [0.1, 0.15) is 36.7 Å². The molecule has 4 heterocycles. The highest BCUT2D eigenvalue weighted by atomic mass is 15.4. The van der Waals surface area contributed by atoms with Crippen molar-refractivity contribution in [1.29, 1.82) is 0 Å². The Kier molecular flexibility index (Phi) is 3.69. The van der Waals surface area contributed by atoms with Gasteiger partial charge in [-0.2, -0.15) is 4.52 Å². The summed E-state index contributed by atoms with van der Waals surface area (Å²) in [7, 11) is 0. The summed E-state index contributed by atoms with van der Waals surface area (Å²) in [5.41, 5.74) is 1.99. The maximum Gasteiger partial charge on any atom is 0.178 e. The van der Waals surface area contributed by atoms with Gasteiger partial charge in [0, 0.05) is 43.9 Å². The number of anilines is 2. The molecule has 0 aromatic carbocycles. The second-order valence-corrected chi connectivity index (χ2v) is 7.11. The van der Waals surface area contributed by atoms with E-state index in [4.69, 9.17) is 5.10 Å². The van der Waals surface area contributed by atoms with E-state index in [9.17, 15) is 0 Å². The molecule has 8 heteroatoms. The Morgan fingerprint density at radius 1 is 0.923 bits per heavy atom. The van der Waals surface area contributed by atoms with E-state index in [0.29, 0.717) is 5.92 Å². The minimum atomic E-state index is 0.656. The fourth-order valence-electron chi connectivity index (χ4n) is 3.57.